The SMILES string of the molecule is CCCCCCCCOc1c(OC)cc(C=O)cc1-c1ccccc1. The molecule has 0 atom stereocenters. The zero-order chi connectivity index (χ0) is 17.9. The highest BCUT2D eigenvalue weighted by Gasteiger charge is 2.14. The number of hydrogen-bond acceptors (Lipinski definition) is 3. The fraction of sp³-hybridized carbons (Fsp3) is 0.409. The molecule has 134 valence electrons. The van der Waals surface area contributed by atoms with E-state index in [0.717, 1.165) is 23.8 Å². The van der Waals surface area contributed by atoms with Crippen LogP contribution in [0.3, 0.4) is 0 Å². The largest absolute Gasteiger partial charge is 0.493 e. The highest BCUT2D eigenvalue weighted by Crippen LogP contribution is 2.39. The van der Waals surface area contributed by atoms with E-state index in [2.05, 4.69) is 6.92 Å². The molecule has 25 heavy (non-hydrogen) atoms. The molecular weight excluding hydrogens is 312 g/mol. The summed E-state index contributed by atoms with van der Waals surface area (Å²) in [4.78, 5) is 11.3. The second kappa shape index (κ2) is 10.5. The number of benzene rings is 2. The third-order valence-corrected chi connectivity index (χ3v) is 4.26. The minimum atomic E-state index is 0.586. The Labute approximate surface area is 151 Å². The van der Waals surface area contributed by atoms with Crippen LogP contribution in [0, 0.1) is 0 Å². The smallest absolute Gasteiger partial charge is 0.168 e. The Morgan fingerprint density at radius 2 is 1.68 bits per heavy atom. The topological polar surface area (TPSA) is 35.5 Å². The lowest BCUT2D eigenvalue weighted by Gasteiger charge is -2.16. The van der Waals surface area contributed by atoms with Gasteiger partial charge in [0, 0.05) is 11.1 Å². The van der Waals surface area contributed by atoms with Crippen molar-refractivity contribution in [1.29, 1.82) is 0 Å². The van der Waals surface area contributed by atoms with Crippen molar-refractivity contribution in [3.63, 3.8) is 0 Å². The van der Waals surface area contributed by atoms with E-state index in [1.165, 1.54) is 32.1 Å². The molecule has 0 N–H and O–H groups in total. The van der Waals surface area contributed by atoms with Gasteiger partial charge in [0.05, 0.1) is 13.7 Å². The van der Waals surface area contributed by atoms with E-state index in [0.29, 0.717) is 23.7 Å². The van der Waals surface area contributed by atoms with Crippen molar-refractivity contribution in [3.05, 3.63) is 48.0 Å². The van der Waals surface area contributed by atoms with Crippen LogP contribution in [0.4, 0.5) is 0 Å². The van der Waals surface area contributed by atoms with Crippen molar-refractivity contribution in [1.82, 2.24) is 0 Å². The zero-order valence-electron chi connectivity index (χ0n) is 15.3. The number of rotatable bonds is 11. The minimum absolute atomic E-state index is 0.586. The van der Waals surface area contributed by atoms with Gasteiger partial charge in [0.2, 0.25) is 0 Å². The summed E-state index contributed by atoms with van der Waals surface area (Å²) in [5.74, 6) is 1.32. The van der Waals surface area contributed by atoms with Gasteiger partial charge in [-0.25, -0.2) is 0 Å². The average Bonchev–Trinajstić information content (AvgIpc) is 2.67. The summed E-state index contributed by atoms with van der Waals surface area (Å²) in [5.41, 5.74) is 2.50. The standard InChI is InChI=1S/C22H28O3/c1-3-4-5-6-7-11-14-25-22-20(19-12-9-8-10-13-19)15-18(17-23)16-21(22)24-2/h8-10,12-13,15-17H,3-7,11,14H2,1-2H3. The maximum Gasteiger partial charge on any atom is 0.168 e. The van der Waals surface area contributed by atoms with E-state index >= 15 is 0 Å². The van der Waals surface area contributed by atoms with Gasteiger partial charge in [-0.05, 0) is 24.1 Å². The molecule has 0 aliphatic heterocycles. The van der Waals surface area contributed by atoms with E-state index in [9.17, 15) is 4.79 Å². The van der Waals surface area contributed by atoms with E-state index < -0.39 is 0 Å². The fourth-order valence-electron chi connectivity index (χ4n) is 2.88. The van der Waals surface area contributed by atoms with E-state index in [1.807, 2.05) is 36.4 Å². The summed E-state index contributed by atoms with van der Waals surface area (Å²) < 4.78 is 11.6. The number of unbranched alkanes of at least 4 members (excludes halogenated alkanes) is 5. The Kier molecular flexibility index (Phi) is 8.03. The second-order valence-electron chi connectivity index (χ2n) is 6.20. The average molecular weight is 340 g/mol. The molecule has 2 aromatic carbocycles. The van der Waals surface area contributed by atoms with Crippen molar-refractivity contribution in [2.75, 3.05) is 13.7 Å². The van der Waals surface area contributed by atoms with Crippen LogP contribution in [0.15, 0.2) is 42.5 Å². The molecule has 0 unspecified atom stereocenters. The number of aldehydes is 1. The third-order valence-electron chi connectivity index (χ3n) is 4.26. The van der Waals surface area contributed by atoms with Crippen LogP contribution < -0.4 is 9.47 Å². The summed E-state index contributed by atoms with van der Waals surface area (Å²) in [6.07, 6.45) is 8.16. The first-order chi connectivity index (χ1) is 12.3. The zero-order valence-corrected chi connectivity index (χ0v) is 15.3. The molecule has 0 bridgehead atoms. The molecule has 2 aromatic rings. The Morgan fingerprint density at radius 3 is 2.36 bits per heavy atom. The number of carbonyl (C=O) groups is 1. The highest BCUT2D eigenvalue weighted by atomic mass is 16.5. The highest BCUT2D eigenvalue weighted by molar-refractivity contribution is 5.84. The van der Waals surface area contributed by atoms with Crippen molar-refractivity contribution >= 4 is 6.29 Å². The van der Waals surface area contributed by atoms with Gasteiger partial charge in [0.1, 0.15) is 6.29 Å². The monoisotopic (exact) mass is 340 g/mol. The van der Waals surface area contributed by atoms with Crippen LogP contribution in [0.1, 0.15) is 55.8 Å². The molecule has 0 aromatic heterocycles. The van der Waals surface area contributed by atoms with Gasteiger partial charge in [-0.1, -0.05) is 69.4 Å². The summed E-state index contributed by atoms with van der Waals surface area (Å²) in [7, 11) is 1.61. The van der Waals surface area contributed by atoms with Gasteiger partial charge >= 0.3 is 0 Å². The van der Waals surface area contributed by atoms with Gasteiger partial charge in [-0.15, -0.1) is 0 Å². The van der Waals surface area contributed by atoms with Gasteiger partial charge in [-0.2, -0.15) is 0 Å². The van der Waals surface area contributed by atoms with Crippen LogP contribution in [0.25, 0.3) is 11.1 Å². The van der Waals surface area contributed by atoms with Crippen molar-refractivity contribution in [2.45, 2.75) is 45.4 Å². The molecule has 0 amide bonds. The first kappa shape index (κ1) is 19.0. The quantitative estimate of drug-likeness (QED) is 0.376. The summed E-state index contributed by atoms with van der Waals surface area (Å²) in [5, 5.41) is 0. The molecule has 0 aliphatic carbocycles. The molecule has 0 aliphatic rings. The summed E-state index contributed by atoms with van der Waals surface area (Å²) in [6.45, 7) is 2.88. The lowest BCUT2D eigenvalue weighted by Crippen LogP contribution is -2.02. The van der Waals surface area contributed by atoms with Crippen molar-refractivity contribution in [3.8, 4) is 22.6 Å². The first-order valence-corrected chi connectivity index (χ1v) is 9.15. The Bertz CT molecular complexity index is 650. The van der Waals surface area contributed by atoms with Crippen LogP contribution in [0.5, 0.6) is 11.5 Å². The molecule has 3 nitrogen and oxygen atoms in total. The molecule has 3 heteroatoms. The normalized spacial score (nSPS) is 10.5. The lowest BCUT2D eigenvalue weighted by molar-refractivity contribution is 0.112. The molecule has 0 radical (unpaired) electrons. The molecule has 0 saturated heterocycles. The van der Waals surface area contributed by atoms with Gasteiger partial charge in [-0.3, -0.25) is 4.79 Å². The second-order valence-corrected chi connectivity index (χ2v) is 6.20. The summed E-state index contributed by atoms with van der Waals surface area (Å²) in [6, 6.07) is 13.6. The van der Waals surface area contributed by atoms with Crippen LogP contribution in [0.2, 0.25) is 0 Å². The molecule has 0 fully saturated rings. The molecule has 0 spiro atoms. The predicted octanol–water partition coefficient (Wildman–Crippen LogP) is 5.91. The Balaban J connectivity index is 2.13. The van der Waals surface area contributed by atoms with Crippen molar-refractivity contribution < 1.29 is 14.3 Å². The number of methoxy groups -OCH3 is 1. The number of carbonyl (C=O) groups excluding carboxylic acids is 1. The van der Waals surface area contributed by atoms with Crippen LogP contribution in [-0.2, 0) is 0 Å². The molecular formula is C22H28O3. The van der Waals surface area contributed by atoms with Gasteiger partial charge in [0.15, 0.2) is 11.5 Å². The van der Waals surface area contributed by atoms with E-state index in [1.54, 1.807) is 13.2 Å². The molecule has 2 rings (SSSR count). The Morgan fingerprint density at radius 1 is 0.960 bits per heavy atom. The van der Waals surface area contributed by atoms with Gasteiger partial charge < -0.3 is 9.47 Å². The maximum atomic E-state index is 11.3. The van der Waals surface area contributed by atoms with E-state index in [-0.39, 0.29) is 0 Å². The molecule has 0 saturated carbocycles. The summed E-state index contributed by atoms with van der Waals surface area (Å²) >= 11 is 0. The van der Waals surface area contributed by atoms with Gasteiger partial charge in [0.25, 0.3) is 0 Å². The molecule has 0 heterocycles. The van der Waals surface area contributed by atoms with Crippen molar-refractivity contribution in [2.24, 2.45) is 0 Å². The fourth-order valence-corrected chi connectivity index (χ4v) is 2.88. The first-order valence-electron chi connectivity index (χ1n) is 9.15. The lowest BCUT2D eigenvalue weighted by atomic mass is 10.0. The predicted molar refractivity (Wildman–Crippen MR) is 103 cm³/mol. The number of ether oxygens (including phenoxy) is 2. The van der Waals surface area contributed by atoms with E-state index in [4.69, 9.17) is 9.47 Å². The third kappa shape index (κ3) is 5.63. The number of hydrogen-bond donors (Lipinski definition) is 0. The van der Waals surface area contributed by atoms with Crippen LogP contribution >= 0.6 is 0 Å². The Hall–Kier alpha value is -2.29. The maximum absolute atomic E-state index is 11.3. The minimum Gasteiger partial charge on any atom is -0.493 e. The van der Waals surface area contributed by atoms with Crippen LogP contribution in [-0.4, -0.2) is 20.0 Å².